The number of halogens is 3. The standard InChI is InChI=1S/C21H14F3NO3/c22-21(23,24)17(12-13-9-10-14-5-1-2-6-15(14)11-13)19(26)25-18-8-4-3-7-16(18)20(27)28/h1-12H,(H,25,26)(H,27,28). The lowest BCUT2D eigenvalue weighted by Gasteiger charge is -2.14. The first-order chi connectivity index (χ1) is 13.3. The normalized spacial score (nSPS) is 12.0. The van der Waals surface area contributed by atoms with Gasteiger partial charge in [-0.1, -0.05) is 48.5 Å². The Morgan fingerprint density at radius 3 is 2.21 bits per heavy atom. The zero-order chi connectivity index (χ0) is 20.3. The summed E-state index contributed by atoms with van der Waals surface area (Å²) in [4.78, 5) is 23.5. The molecule has 0 radical (unpaired) electrons. The molecular formula is C21H14F3NO3. The van der Waals surface area contributed by atoms with Crippen molar-refractivity contribution < 1.29 is 27.9 Å². The van der Waals surface area contributed by atoms with E-state index in [1.165, 1.54) is 30.3 Å². The Bertz CT molecular complexity index is 1090. The number of fused-ring (bicyclic) bond motifs is 1. The van der Waals surface area contributed by atoms with Crippen LogP contribution in [-0.4, -0.2) is 23.2 Å². The average molecular weight is 385 g/mol. The Labute approximate surface area is 157 Å². The van der Waals surface area contributed by atoms with Crippen LogP contribution in [0.25, 0.3) is 16.8 Å². The highest BCUT2D eigenvalue weighted by atomic mass is 19.4. The molecule has 4 nitrogen and oxygen atoms in total. The van der Waals surface area contributed by atoms with Gasteiger partial charge in [0.1, 0.15) is 5.57 Å². The summed E-state index contributed by atoms with van der Waals surface area (Å²) in [6.07, 6.45) is -4.18. The number of amides is 1. The van der Waals surface area contributed by atoms with Gasteiger partial charge < -0.3 is 10.4 Å². The fraction of sp³-hybridized carbons (Fsp3) is 0.0476. The summed E-state index contributed by atoms with van der Waals surface area (Å²) >= 11 is 0. The number of carbonyl (C=O) groups is 2. The van der Waals surface area contributed by atoms with Gasteiger partial charge in [-0.15, -0.1) is 0 Å². The third-order valence-corrected chi connectivity index (χ3v) is 4.04. The molecule has 28 heavy (non-hydrogen) atoms. The van der Waals surface area contributed by atoms with Crippen LogP contribution in [0.5, 0.6) is 0 Å². The molecule has 0 bridgehead atoms. The van der Waals surface area contributed by atoms with Gasteiger partial charge in [0.2, 0.25) is 0 Å². The summed E-state index contributed by atoms with van der Waals surface area (Å²) in [6, 6.07) is 17.1. The summed E-state index contributed by atoms with van der Waals surface area (Å²) in [7, 11) is 0. The monoisotopic (exact) mass is 385 g/mol. The second-order valence-electron chi connectivity index (χ2n) is 5.97. The average Bonchev–Trinajstić information content (AvgIpc) is 2.65. The minimum Gasteiger partial charge on any atom is -0.478 e. The van der Waals surface area contributed by atoms with Crippen molar-refractivity contribution in [1.29, 1.82) is 0 Å². The van der Waals surface area contributed by atoms with Gasteiger partial charge in [-0.05, 0) is 40.6 Å². The number of hydrogen-bond donors (Lipinski definition) is 2. The third-order valence-electron chi connectivity index (χ3n) is 4.04. The molecule has 1 amide bonds. The summed E-state index contributed by atoms with van der Waals surface area (Å²) < 4.78 is 40.5. The second-order valence-corrected chi connectivity index (χ2v) is 5.97. The number of aromatic carboxylic acids is 1. The van der Waals surface area contributed by atoms with E-state index in [0.29, 0.717) is 0 Å². The minimum absolute atomic E-state index is 0.202. The van der Waals surface area contributed by atoms with E-state index in [9.17, 15) is 22.8 Å². The molecule has 0 heterocycles. The zero-order valence-electron chi connectivity index (χ0n) is 14.3. The number of nitrogens with one attached hydrogen (secondary N) is 1. The largest absolute Gasteiger partial charge is 0.478 e. The van der Waals surface area contributed by atoms with Crippen molar-refractivity contribution >= 4 is 34.4 Å². The van der Waals surface area contributed by atoms with Gasteiger partial charge in [-0.25, -0.2) is 4.79 Å². The number of rotatable bonds is 4. The SMILES string of the molecule is O=C(Nc1ccccc1C(=O)O)C(=Cc1ccc2ccccc2c1)C(F)(F)F. The molecule has 2 N–H and O–H groups in total. The van der Waals surface area contributed by atoms with Gasteiger partial charge in [0, 0.05) is 0 Å². The fourth-order valence-electron chi connectivity index (χ4n) is 2.71. The molecular weight excluding hydrogens is 371 g/mol. The highest BCUT2D eigenvalue weighted by Crippen LogP contribution is 2.30. The van der Waals surface area contributed by atoms with Gasteiger partial charge in [-0.2, -0.15) is 13.2 Å². The molecule has 0 fully saturated rings. The van der Waals surface area contributed by atoms with E-state index in [1.807, 2.05) is 17.4 Å². The lowest BCUT2D eigenvalue weighted by atomic mass is 10.0. The number of hydrogen-bond acceptors (Lipinski definition) is 2. The number of carbonyl (C=O) groups excluding carboxylic acids is 1. The van der Waals surface area contributed by atoms with Gasteiger partial charge in [0.05, 0.1) is 11.3 Å². The summed E-state index contributed by atoms with van der Waals surface area (Å²) in [5, 5.41) is 12.8. The van der Waals surface area contributed by atoms with E-state index in [0.717, 1.165) is 16.8 Å². The van der Waals surface area contributed by atoms with E-state index in [4.69, 9.17) is 5.11 Å². The lowest BCUT2D eigenvalue weighted by Crippen LogP contribution is -2.26. The Hall–Kier alpha value is -3.61. The first kappa shape index (κ1) is 19.2. The van der Waals surface area contributed by atoms with Crippen LogP contribution in [0.3, 0.4) is 0 Å². The molecule has 0 aliphatic carbocycles. The van der Waals surface area contributed by atoms with Crippen molar-refractivity contribution in [2.45, 2.75) is 6.18 Å². The Morgan fingerprint density at radius 1 is 0.893 bits per heavy atom. The molecule has 142 valence electrons. The molecule has 0 spiro atoms. The van der Waals surface area contributed by atoms with Crippen LogP contribution in [0.15, 0.2) is 72.3 Å². The van der Waals surface area contributed by atoms with Crippen molar-refractivity contribution in [3.05, 3.63) is 83.4 Å². The zero-order valence-corrected chi connectivity index (χ0v) is 14.3. The maximum absolute atomic E-state index is 13.5. The van der Waals surface area contributed by atoms with Crippen molar-refractivity contribution in [3.8, 4) is 0 Å². The van der Waals surface area contributed by atoms with Crippen LogP contribution >= 0.6 is 0 Å². The van der Waals surface area contributed by atoms with E-state index in [-0.39, 0.29) is 16.8 Å². The van der Waals surface area contributed by atoms with Crippen molar-refractivity contribution in [2.75, 3.05) is 5.32 Å². The third kappa shape index (κ3) is 4.20. The summed E-state index contributed by atoms with van der Waals surface area (Å²) in [5.41, 5.74) is -1.74. The molecule has 3 aromatic rings. The highest BCUT2D eigenvalue weighted by Gasteiger charge is 2.39. The fourth-order valence-corrected chi connectivity index (χ4v) is 2.71. The summed E-state index contributed by atoms with van der Waals surface area (Å²) in [6.45, 7) is 0. The Morgan fingerprint density at radius 2 is 1.54 bits per heavy atom. The number of para-hydroxylation sites is 1. The van der Waals surface area contributed by atoms with Crippen molar-refractivity contribution in [3.63, 3.8) is 0 Å². The van der Waals surface area contributed by atoms with Crippen LogP contribution in [0, 0.1) is 0 Å². The topological polar surface area (TPSA) is 66.4 Å². The van der Waals surface area contributed by atoms with Crippen LogP contribution in [0.4, 0.5) is 18.9 Å². The Balaban J connectivity index is 1.99. The number of carboxylic acid groups (broad SMARTS) is 1. The molecule has 7 heteroatoms. The van der Waals surface area contributed by atoms with Crippen LogP contribution in [0.1, 0.15) is 15.9 Å². The van der Waals surface area contributed by atoms with E-state index < -0.39 is 23.6 Å². The predicted octanol–water partition coefficient (Wildman–Crippen LogP) is 5.12. The van der Waals surface area contributed by atoms with Gasteiger partial charge >= 0.3 is 12.1 Å². The molecule has 0 unspecified atom stereocenters. The predicted molar refractivity (Wildman–Crippen MR) is 100 cm³/mol. The second kappa shape index (κ2) is 7.56. The molecule has 0 aliphatic heterocycles. The summed E-state index contributed by atoms with van der Waals surface area (Å²) in [5.74, 6) is -2.79. The number of anilines is 1. The minimum atomic E-state index is -4.92. The number of alkyl halides is 3. The van der Waals surface area contributed by atoms with Gasteiger partial charge in [0.15, 0.2) is 0 Å². The molecule has 0 atom stereocenters. The van der Waals surface area contributed by atoms with Gasteiger partial charge in [-0.3, -0.25) is 4.79 Å². The molecule has 3 rings (SSSR count). The molecule has 0 saturated carbocycles. The quantitative estimate of drug-likeness (QED) is 0.613. The first-order valence-corrected chi connectivity index (χ1v) is 8.17. The molecule has 0 aliphatic rings. The Kier molecular flexibility index (Phi) is 5.17. The van der Waals surface area contributed by atoms with Crippen molar-refractivity contribution in [2.24, 2.45) is 0 Å². The van der Waals surface area contributed by atoms with E-state index in [2.05, 4.69) is 0 Å². The van der Waals surface area contributed by atoms with Crippen LogP contribution in [-0.2, 0) is 4.79 Å². The maximum Gasteiger partial charge on any atom is 0.421 e. The van der Waals surface area contributed by atoms with E-state index >= 15 is 0 Å². The van der Waals surface area contributed by atoms with Crippen LogP contribution in [0.2, 0.25) is 0 Å². The maximum atomic E-state index is 13.5. The number of benzene rings is 3. The van der Waals surface area contributed by atoms with Crippen LogP contribution < -0.4 is 5.32 Å². The van der Waals surface area contributed by atoms with Gasteiger partial charge in [0.25, 0.3) is 5.91 Å². The lowest BCUT2D eigenvalue weighted by molar-refractivity contribution is -0.126. The van der Waals surface area contributed by atoms with Crippen molar-refractivity contribution in [1.82, 2.24) is 0 Å². The molecule has 0 aromatic heterocycles. The smallest absolute Gasteiger partial charge is 0.421 e. The first-order valence-electron chi connectivity index (χ1n) is 8.17. The molecule has 3 aromatic carbocycles. The highest BCUT2D eigenvalue weighted by molar-refractivity contribution is 6.10. The van der Waals surface area contributed by atoms with E-state index in [1.54, 1.807) is 24.3 Å². The molecule has 0 saturated heterocycles. The number of carboxylic acids is 1.